The van der Waals surface area contributed by atoms with E-state index in [-0.39, 0.29) is 29.9 Å². The number of carbonyl (C=O) groups is 1. The lowest BCUT2D eigenvalue weighted by Crippen LogP contribution is -2.44. The minimum Gasteiger partial charge on any atom is -0.467 e. The third kappa shape index (κ3) is 3.38. The summed E-state index contributed by atoms with van der Waals surface area (Å²) in [4.78, 5) is 14.6. The summed E-state index contributed by atoms with van der Waals surface area (Å²) in [7, 11) is 0. The third-order valence-corrected chi connectivity index (χ3v) is 5.69. The number of hydrogen-bond donors (Lipinski definition) is 1. The molecule has 2 aromatic rings. The lowest BCUT2D eigenvalue weighted by atomic mass is 9.93. The molecule has 0 unspecified atom stereocenters. The van der Waals surface area contributed by atoms with Gasteiger partial charge >= 0.3 is 6.18 Å². The first kappa shape index (κ1) is 18.9. The van der Waals surface area contributed by atoms with Gasteiger partial charge in [0.25, 0.3) is 5.91 Å². The number of anilines is 1. The molecule has 6 nitrogen and oxygen atoms in total. The number of fused-ring (bicyclic) bond motifs is 1. The number of furan rings is 1. The zero-order valence-electron chi connectivity index (χ0n) is 15.7. The largest absolute Gasteiger partial charge is 0.467 e. The van der Waals surface area contributed by atoms with Crippen LogP contribution in [0.1, 0.15) is 61.4 Å². The molecule has 2 aliphatic heterocycles. The van der Waals surface area contributed by atoms with Crippen LogP contribution in [0.4, 0.5) is 19.0 Å². The Morgan fingerprint density at radius 2 is 2.11 bits per heavy atom. The minimum absolute atomic E-state index is 0.0391. The number of carbonyl (C=O) groups excluding carboxylic acids is 1. The van der Waals surface area contributed by atoms with Crippen LogP contribution in [0.5, 0.6) is 0 Å². The van der Waals surface area contributed by atoms with Gasteiger partial charge in [-0.2, -0.15) is 18.3 Å². The summed E-state index contributed by atoms with van der Waals surface area (Å²) < 4.78 is 47.3. The van der Waals surface area contributed by atoms with E-state index in [0.717, 1.165) is 17.5 Å². The van der Waals surface area contributed by atoms with Gasteiger partial charge in [0.2, 0.25) is 0 Å². The molecule has 1 fully saturated rings. The molecule has 0 bridgehead atoms. The molecule has 2 aliphatic rings. The minimum atomic E-state index is -4.48. The van der Waals surface area contributed by atoms with Gasteiger partial charge < -0.3 is 14.6 Å². The number of piperidine rings is 1. The number of nitrogens with zero attached hydrogens (tertiary/aromatic N) is 3. The third-order valence-electron chi connectivity index (χ3n) is 5.69. The molecule has 4 rings (SSSR count). The quantitative estimate of drug-likeness (QED) is 0.818. The van der Waals surface area contributed by atoms with E-state index in [4.69, 9.17) is 4.42 Å². The predicted molar refractivity (Wildman–Crippen MR) is 95.9 cm³/mol. The molecule has 1 saturated heterocycles. The highest BCUT2D eigenvalue weighted by Gasteiger charge is 2.47. The van der Waals surface area contributed by atoms with Crippen LogP contribution in [0, 0.1) is 5.92 Å². The van der Waals surface area contributed by atoms with Crippen molar-refractivity contribution in [1.82, 2.24) is 14.7 Å². The maximum atomic E-state index is 13.7. The van der Waals surface area contributed by atoms with E-state index in [0.29, 0.717) is 18.2 Å². The highest BCUT2D eigenvalue weighted by Crippen LogP contribution is 2.43. The molecule has 1 N–H and O–H groups in total. The molecule has 0 aromatic carbocycles. The lowest BCUT2D eigenvalue weighted by Gasteiger charge is -2.36. The maximum absolute atomic E-state index is 13.7. The van der Waals surface area contributed by atoms with Crippen LogP contribution in [0.3, 0.4) is 0 Å². The Kier molecular flexibility index (Phi) is 4.63. The second-order valence-electron chi connectivity index (χ2n) is 7.84. The second kappa shape index (κ2) is 6.86. The van der Waals surface area contributed by atoms with Crippen molar-refractivity contribution in [3.8, 4) is 0 Å². The van der Waals surface area contributed by atoms with Crippen molar-refractivity contribution in [1.29, 1.82) is 0 Å². The molecular weight excluding hydrogens is 373 g/mol. The summed E-state index contributed by atoms with van der Waals surface area (Å²) in [5.74, 6) is 0.808. The fourth-order valence-corrected chi connectivity index (χ4v) is 4.21. The molecule has 0 aliphatic carbocycles. The van der Waals surface area contributed by atoms with Gasteiger partial charge in [0.1, 0.15) is 11.6 Å². The first-order chi connectivity index (χ1) is 13.2. The normalized spacial score (nSPS) is 28.0. The fourth-order valence-electron chi connectivity index (χ4n) is 4.21. The number of nitrogens with one attached hydrogen (secondary N) is 1. The zero-order chi connectivity index (χ0) is 20.1. The van der Waals surface area contributed by atoms with Gasteiger partial charge in [0.05, 0.1) is 12.3 Å². The Morgan fingerprint density at radius 1 is 1.32 bits per heavy atom. The molecule has 9 heteroatoms. The number of aromatic nitrogens is 2. The molecule has 4 heterocycles. The number of alkyl halides is 3. The lowest BCUT2D eigenvalue weighted by molar-refractivity contribution is -0.174. The van der Waals surface area contributed by atoms with Gasteiger partial charge in [-0.1, -0.05) is 6.92 Å². The van der Waals surface area contributed by atoms with Crippen LogP contribution < -0.4 is 5.32 Å². The molecule has 0 spiro atoms. The molecule has 28 heavy (non-hydrogen) atoms. The van der Waals surface area contributed by atoms with Crippen molar-refractivity contribution in [2.75, 3.05) is 11.9 Å². The zero-order valence-corrected chi connectivity index (χ0v) is 15.7. The van der Waals surface area contributed by atoms with E-state index in [1.807, 2.05) is 6.92 Å². The number of likely N-dealkylation sites (tertiary alicyclic amines) is 1. The molecular formula is C19H23F3N4O2. The molecule has 0 saturated carbocycles. The number of halogens is 3. The Balaban J connectivity index is 1.64. The summed E-state index contributed by atoms with van der Waals surface area (Å²) in [5, 5.41) is 7.09. The van der Waals surface area contributed by atoms with Crippen LogP contribution >= 0.6 is 0 Å². The summed E-state index contributed by atoms with van der Waals surface area (Å²) in [5.41, 5.74) is 0.0400. The Morgan fingerprint density at radius 3 is 2.75 bits per heavy atom. The smallest absolute Gasteiger partial charge is 0.410 e. The Labute approximate surface area is 160 Å². The average molecular weight is 396 g/mol. The van der Waals surface area contributed by atoms with Gasteiger partial charge in [0.15, 0.2) is 11.7 Å². The molecule has 152 valence electrons. The van der Waals surface area contributed by atoms with Crippen molar-refractivity contribution in [2.45, 2.75) is 57.4 Å². The van der Waals surface area contributed by atoms with E-state index in [1.165, 1.54) is 12.3 Å². The maximum Gasteiger partial charge on any atom is 0.410 e. The van der Waals surface area contributed by atoms with Crippen LogP contribution in [0.25, 0.3) is 0 Å². The summed E-state index contributed by atoms with van der Waals surface area (Å²) in [6.45, 7) is 4.70. The van der Waals surface area contributed by atoms with Gasteiger partial charge in [0, 0.05) is 25.1 Å². The predicted octanol–water partition coefficient (Wildman–Crippen LogP) is 4.40. The van der Waals surface area contributed by atoms with E-state index in [2.05, 4.69) is 17.3 Å². The highest BCUT2D eigenvalue weighted by atomic mass is 19.4. The number of rotatable bonds is 2. The van der Waals surface area contributed by atoms with Crippen LogP contribution in [-0.2, 0) is 0 Å². The monoisotopic (exact) mass is 396 g/mol. The number of amides is 1. The standard InChI is InChI=1S/C19H23F3N4O2/c1-11-5-6-25(12(2)8-11)18(27)14-10-17-23-13(15-4-3-7-28-15)9-16(19(20,21)22)26(17)24-14/h3-4,7,10-13,16,23H,5-6,8-9H2,1-2H3/t11-,12-,13-,16+/m1/s1. The van der Waals surface area contributed by atoms with Gasteiger partial charge in [-0.15, -0.1) is 0 Å². The van der Waals surface area contributed by atoms with Crippen molar-refractivity contribution >= 4 is 11.7 Å². The SMILES string of the molecule is C[C@@H]1CCN(C(=O)c2cc3n(n2)[C@H](C(F)(F)F)C[C@H](c2ccco2)N3)[C@H](C)C1. The average Bonchev–Trinajstić information content (AvgIpc) is 3.29. The van der Waals surface area contributed by atoms with Gasteiger partial charge in [-0.3, -0.25) is 4.79 Å². The van der Waals surface area contributed by atoms with E-state index >= 15 is 0 Å². The summed E-state index contributed by atoms with van der Waals surface area (Å²) in [6.07, 6.45) is -1.55. The van der Waals surface area contributed by atoms with E-state index < -0.39 is 18.3 Å². The Hall–Kier alpha value is -2.45. The molecule has 2 aromatic heterocycles. The molecule has 0 radical (unpaired) electrons. The van der Waals surface area contributed by atoms with Crippen LogP contribution in [0.2, 0.25) is 0 Å². The van der Waals surface area contributed by atoms with Crippen molar-refractivity contribution in [2.24, 2.45) is 5.92 Å². The summed E-state index contributed by atoms with van der Waals surface area (Å²) >= 11 is 0. The highest BCUT2D eigenvalue weighted by molar-refractivity contribution is 5.93. The molecule has 4 atom stereocenters. The van der Waals surface area contributed by atoms with Gasteiger partial charge in [-0.25, -0.2) is 4.68 Å². The second-order valence-corrected chi connectivity index (χ2v) is 7.84. The fraction of sp³-hybridized carbons (Fsp3) is 0.579. The van der Waals surface area contributed by atoms with Gasteiger partial charge in [-0.05, 0) is 37.8 Å². The van der Waals surface area contributed by atoms with Crippen LogP contribution in [-0.4, -0.2) is 39.4 Å². The first-order valence-corrected chi connectivity index (χ1v) is 9.51. The molecule has 1 amide bonds. The first-order valence-electron chi connectivity index (χ1n) is 9.51. The van der Waals surface area contributed by atoms with Crippen molar-refractivity contribution in [3.63, 3.8) is 0 Å². The number of hydrogen-bond acceptors (Lipinski definition) is 4. The topological polar surface area (TPSA) is 63.3 Å². The van der Waals surface area contributed by atoms with Crippen molar-refractivity contribution < 1.29 is 22.4 Å². The van der Waals surface area contributed by atoms with E-state index in [9.17, 15) is 18.0 Å². The Bertz CT molecular complexity index is 846. The van der Waals surface area contributed by atoms with E-state index in [1.54, 1.807) is 17.0 Å². The summed E-state index contributed by atoms with van der Waals surface area (Å²) in [6, 6.07) is 2.28. The van der Waals surface area contributed by atoms with Crippen molar-refractivity contribution in [3.05, 3.63) is 35.9 Å². The van der Waals surface area contributed by atoms with Crippen LogP contribution in [0.15, 0.2) is 28.9 Å².